The van der Waals surface area contributed by atoms with E-state index in [-0.39, 0.29) is 48.6 Å². The van der Waals surface area contributed by atoms with Crippen LogP contribution >= 0.6 is 27.4 Å². The van der Waals surface area contributed by atoms with Gasteiger partial charge in [-0.2, -0.15) is 4.31 Å². The molecule has 24 heteroatoms. The third-order valence-electron chi connectivity index (χ3n) is 6.77. The molecule has 2 aliphatic heterocycles. The highest BCUT2D eigenvalue weighted by Gasteiger charge is 2.47. The van der Waals surface area contributed by atoms with E-state index in [1.54, 1.807) is 0 Å². The summed E-state index contributed by atoms with van der Waals surface area (Å²) in [7, 11) is -9.26. The Morgan fingerprint density at radius 3 is 2.48 bits per heavy atom. The number of hydrogen-bond acceptors (Lipinski definition) is 18. The van der Waals surface area contributed by atoms with Crippen molar-refractivity contribution in [1.82, 2.24) is 20.9 Å². The first-order valence-corrected chi connectivity index (χ1v) is 18.2. The predicted molar refractivity (Wildman–Crippen MR) is 171 cm³/mol. The molecule has 274 valence electrons. The standard InChI is InChI=1S/C24H43N7O14P2S/c1-13(32)48-9-8-27-15(33)6-7-28-22(37)19(36)24(2,3)11-43-47(40,41)45-46(38,39)42-10-14-17(34)18(35)23(44-14)31(5)21-16(26-4)20(25)29-12-30-21/h14,17-19,23,30,34-36H,4,6-12H2,1-3,5H3,(H2,25,29)(H,27,33)(H,28,37)(H,38,39)(H,40,41). The van der Waals surface area contributed by atoms with Gasteiger partial charge in [-0.15, -0.1) is 0 Å². The molecule has 48 heavy (non-hydrogen) atoms. The summed E-state index contributed by atoms with van der Waals surface area (Å²) in [6, 6.07) is 0. The Morgan fingerprint density at radius 2 is 1.85 bits per heavy atom. The second-order valence-electron chi connectivity index (χ2n) is 11.1. The molecule has 7 unspecified atom stereocenters. The number of rotatable bonds is 19. The van der Waals surface area contributed by atoms with E-state index in [2.05, 4.69) is 37.0 Å². The summed E-state index contributed by atoms with van der Waals surface area (Å²) in [6.07, 6.45) is -7.82. The third-order valence-corrected chi connectivity index (χ3v) is 10.2. The molecule has 0 aromatic carbocycles. The minimum atomic E-state index is -5.37. The number of nitrogens with one attached hydrogen (secondary N) is 3. The number of ether oxygens (including phenoxy) is 1. The fraction of sp³-hybridized carbons (Fsp3) is 0.708. The number of nitrogens with two attached hydrogens (primary N) is 1. The van der Waals surface area contributed by atoms with Gasteiger partial charge in [-0.1, -0.05) is 25.6 Å². The molecule has 0 aliphatic carbocycles. The van der Waals surface area contributed by atoms with Crippen LogP contribution in [-0.2, 0) is 41.6 Å². The zero-order valence-electron chi connectivity index (χ0n) is 26.7. The molecule has 0 spiro atoms. The van der Waals surface area contributed by atoms with Crippen molar-refractivity contribution in [2.45, 2.75) is 57.8 Å². The number of phosphoric ester groups is 2. The van der Waals surface area contributed by atoms with E-state index in [1.807, 2.05) is 0 Å². The Morgan fingerprint density at radius 1 is 1.21 bits per heavy atom. The Balaban J connectivity index is 1.86. The number of carbonyl (C=O) groups is 3. The highest BCUT2D eigenvalue weighted by molar-refractivity contribution is 8.13. The van der Waals surface area contributed by atoms with E-state index in [4.69, 9.17) is 19.5 Å². The van der Waals surface area contributed by atoms with Gasteiger partial charge in [-0.25, -0.2) is 14.1 Å². The monoisotopic (exact) mass is 747 g/mol. The molecule has 0 radical (unpaired) electrons. The molecule has 7 atom stereocenters. The summed E-state index contributed by atoms with van der Waals surface area (Å²) in [5.74, 6) is -0.631. The third kappa shape index (κ3) is 12.5. The topological polar surface area (TPSA) is 313 Å². The van der Waals surface area contributed by atoms with Crippen molar-refractivity contribution in [2.24, 2.45) is 21.1 Å². The normalized spacial score (nSPS) is 24.4. The van der Waals surface area contributed by atoms with Gasteiger partial charge in [0.2, 0.25) is 11.8 Å². The number of thioether (sulfide) groups is 1. The summed E-state index contributed by atoms with van der Waals surface area (Å²) >= 11 is 1.04. The molecule has 2 rings (SSSR count). The number of amides is 2. The van der Waals surface area contributed by atoms with Crippen LogP contribution in [0.2, 0.25) is 0 Å². The SMILES string of the molecule is C=NC1=C(N(C)C2OC(COP(=O)(O)OP(=O)(O)OCC(C)(C)C(O)C(=O)NCCC(=O)NCCSC(C)=O)C(O)C2O)NCN=C1N. The average Bonchev–Trinajstić information content (AvgIpc) is 3.28. The Kier molecular flexibility index (Phi) is 15.6. The summed E-state index contributed by atoms with van der Waals surface area (Å²) < 4.78 is 44.3. The number of phosphoric acid groups is 2. The van der Waals surface area contributed by atoms with Crippen LogP contribution in [0, 0.1) is 5.41 Å². The molecule has 0 bridgehead atoms. The van der Waals surface area contributed by atoms with Crippen molar-refractivity contribution < 1.29 is 66.7 Å². The maximum Gasteiger partial charge on any atom is 0.481 e. The molecule has 2 aliphatic rings. The predicted octanol–water partition coefficient (Wildman–Crippen LogP) is -2.31. The van der Waals surface area contributed by atoms with Crippen molar-refractivity contribution in [3.05, 3.63) is 11.5 Å². The van der Waals surface area contributed by atoms with Gasteiger partial charge in [0.1, 0.15) is 48.4 Å². The molecule has 2 amide bonds. The van der Waals surface area contributed by atoms with Crippen LogP contribution in [0.1, 0.15) is 27.2 Å². The lowest BCUT2D eigenvalue weighted by atomic mass is 9.87. The van der Waals surface area contributed by atoms with Crippen molar-refractivity contribution in [3.63, 3.8) is 0 Å². The van der Waals surface area contributed by atoms with Crippen LogP contribution in [0.3, 0.4) is 0 Å². The fourth-order valence-electron chi connectivity index (χ4n) is 4.14. The number of nitrogens with zero attached hydrogens (tertiary/aromatic N) is 3. The number of hydrogen-bond donors (Lipinski definition) is 9. The summed E-state index contributed by atoms with van der Waals surface area (Å²) in [5, 5.41) is 39.1. The minimum Gasteiger partial charge on any atom is -0.387 e. The van der Waals surface area contributed by atoms with E-state index in [0.717, 1.165) is 11.8 Å². The van der Waals surface area contributed by atoms with E-state index in [1.165, 1.54) is 32.7 Å². The minimum absolute atomic E-state index is 0.0595. The van der Waals surface area contributed by atoms with Crippen LogP contribution in [0.25, 0.3) is 0 Å². The zero-order chi connectivity index (χ0) is 36.4. The lowest BCUT2D eigenvalue weighted by molar-refractivity contribution is -0.137. The lowest BCUT2D eigenvalue weighted by Crippen LogP contribution is -2.47. The van der Waals surface area contributed by atoms with E-state index >= 15 is 0 Å². The van der Waals surface area contributed by atoms with Gasteiger partial charge < -0.3 is 56.4 Å². The molecule has 0 saturated carbocycles. The summed E-state index contributed by atoms with van der Waals surface area (Å²) in [4.78, 5) is 64.3. The Hall–Kier alpha value is -2.46. The zero-order valence-corrected chi connectivity index (χ0v) is 29.3. The van der Waals surface area contributed by atoms with Gasteiger partial charge in [0.25, 0.3) is 0 Å². The van der Waals surface area contributed by atoms with Gasteiger partial charge in [-0.3, -0.25) is 28.4 Å². The molecule has 0 aromatic heterocycles. The first kappa shape index (κ1) is 41.7. The number of aliphatic hydroxyl groups excluding tert-OH is 3. The summed E-state index contributed by atoms with van der Waals surface area (Å²) in [6.45, 7) is 5.85. The highest BCUT2D eigenvalue weighted by Crippen LogP contribution is 2.61. The Bertz CT molecular complexity index is 1350. The molecule has 1 saturated heterocycles. The van der Waals surface area contributed by atoms with Crippen molar-refractivity contribution in [1.29, 1.82) is 0 Å². The Labute approximate surface area is 280 Å². The maximum absolute atomic E-state index is 12.5. The number of aliphatic imine (C=N–C) groups is 2. The fourth-order valence-corrected chi connectivity index (χ4v) is 6.88. The van der Waals surface area contributed by atoms with Gasteiger partial charge in [-0.05, 0) is 6.72 Å². The smallest absolute Gasteiger partial charge is 0.387 e. The van der Waals surface area contributed by atoms with Crippen LogP contribution in [0.5, 0.6) is 0 Å². The summed E-state index contributed by atoms with van der Waals surface area (Å²) in [5.41, 5.74) is 4.42. The van der Waals surface area contributed by atoms with E-state index in [9.17, 15) is 48.6 Å². The second kappa shape index (κ2) is 18.0. The molecular formula is C24H43N7O14P2S. The molecular weight excluding hydrogens is 704 g/mol. The van der Waals surface area contributed by atoms with Gasteiger partial charge >= 0.3 is 15.6 Å². The van der Waals surface area contributed by atoms with Gasteiger partial charge in [0.15, 0.2) is 11.3 Å². The van der Waals surface area contributed by atoms with Crippen molar-refractivity contribution in [2.75, 3.05) is 45.8 Å². The van der Waals surface area contributed by atoms with Crippen molar-refractivity contribution >= 4 is 56.9 Å². The molecule has 10 N–H and O–H groups in total. The average molecular weight is 748 g/mol. The molecule has 21 nitrogen and oxygen atoms in total. The second-order valence-corrected chi connectivity index (χ2v) is 15.4. The largest absolute Gasteiger partial charge is 0.481 e. The first-order valence-electron chi connectivity index (χ1n) is 14.2. The number of aliphatic hydroxyl groups is 3. The lowest BCUT2D eigenvalue weighted by Gasteiger charge is -2.32. The molecule has 1 fully saturated rings. The van der Waals surface area contributed by atoms with Gasteiger partial charge in [0.05, 0.1) is 13.2 Å². The van der Waals surface area contributed by atoms with Crippen LogP contribution in [-0.4, -0.2) is 136 Å². The number of likely N-dealkylation sites (N-methyl/N-ethyl adjacent to an activating group) is 1. The molecule has 2 heterocycles. The van der Waals surface area contributed by atoms with E-state index in [0.29, 0.717) is 5.75 Å². The number of carbonyl (C=O) groups excluding carboxylic acids is 3. The van der Waals surface area contributed by atoms with E-state index < -0.39 is 76.7 Å². The van der Waals surface area contributed by atoms with Crippen LogP contribution < -0.4 is 21.7 Å². The highest BCUT2D eigenvalue weighted by atomic mass is 32.2. The maximum atomic E-state index is 12.5. The van der Waals surface area contributed by atoms with Crippen molar-refractivity contribution in [3.8, 4) is 0 Å². The van der Waals surface area contributed by atoms with Crippen LogP contribution in [0.4, 0.5) is 0 Å². The van der Waals surface area contributed by atoms with Crippen LogP contribution in [0.15, 0.2) is 21.5 Å². The molecule has 0 aromatic rings. The first-order chi connectivity index (χ1) is 22.2. The number of amidine groups is 1. The quantitative estimate of drug-likeness (QED) is 0.0381. The van der Waals surface area contributed by atoms with Gasteiger partial charge in [0, 0.05) is 44.6 Å².